The van der Waals surface area contributed by atoms with Crippen LogP contribution < -0.4 is 15.4 Å². The van der Waals surface area contributed by atoms with Crippen LogP contribution in [0.25, 0.3) is 32.1 Å². The van der Waals surface area contributed by atoms with Crippen LogP contribution in [0, 0.1) is 23.0 Å². The van der Waals surface area contributed by atoms with Crippen LogP contribution >= 0.6 is 22.9 Å². The Morgan fingerprint density at radius 2 is 2.00 bits per heavy atom. The summed E-state index contributed by atoms with van der Waals surface area (Å²) in [5.41, 5.74) is 3.41. The van der Waals surface area contributed by atoms with E-state index < -0.39 is 41.6 Å². The monoisotopic (exact) mass is 804 g/mol. The number of hydrogen-bond acceptors (Lipinski definition) is 10. The van der Waals surface area contributed by atoms with Crippen molar-refractivity contribution in [2.45, 2.75) is 69.5 Å². The normalized spacial score (nSPS) is 23.1. The summed E-state index contributed by atoms with van der Waals surface area (Å²) >= 11 is 7.66. The highest BCUT2D eigenvalue weighted by Crippen LogP contribution is 2.47. The molecule has 2 amide bonds. The van der Waals surface area contributed by atoms with Crippen LogP contribution in [-0.2, 0) is 4.74 Å². The quantitative estimate of drug-likeness (QED) is 0.194. The molecule has 4 aromatic rings. The molecule has 0 unspecified atom stereocenters. The van der Waals surface area contributed by atoms with E-state index in [2.05, 4.69) is 9.97 Å². The lowest BCUT2D eigenvalue weighted by molar-refractivity contribution is -0.323. The van der Waals surface area contributed by atoms with Gasteiger partial charge in [0.25, 0.3) is 0 Å². The minimum atomic E-state index is -3.70. The highest BCUT2D eigenvalue weighted by molar-refractivity contribution is 7.23. The van der Waals surface area contributed by atoms with E-state index in [0.29, 0.717) is 19.5 Å². The lowest BCUT2D eigenvalue weighted by atomic mass is 9.91. The minimum Gasteiger partial charge on any atom is -0.461 e. The predicted octanol–water partition coefficient (Wildman–Crippen LogP) is 7.19. The van der Waals surface area contributed by atoms with E-state index in [9.17, 15) is 18.8 Å². The van der Waals surface area contributed by atoms with Crippen molar-refractivity contribution >= 4 is 60.8 Å². The molecule has 4 fully saturated rings. The molecule has 6 heterocycles. The number of nitriles is 1. The number of benzene rings is 2. The van der Waals surface area contributed by atoms with Gasteiger partial charge in [0.15, 0.2) is 5.82 Å². The lowest BCUT2D eigenvalue weighted by Crippen LogP contribution is -2.75. The van der Waals surface area contributed by atoms with Crippen molar-refractivity contribution in [3.63, 3.8) is 0 Å². The van der Waals surface area contributed by atoms with E-state index in [1.54, 1.807) is 4.90 Å². The van der Waals surface area contributed by atoms with Gasteiger partial charge in [-0.1, -0.05) is 17.7 Å². The van der Waals surface area contributed by atoms with Crippen LogP contribution in [0.15, 0.2) is 18.2 Å². The number of aromatic nitrogens is 2. The number of hydrogen-bond donors (Lipinski definition) is 1. The molecule has 4 aliphatic rings. The molecule has 292 valence electrons. The number of likely N-dealkylation sites (tertiary alicyclic amines) is 1. The Morgan fingerprint density at radius 1 is 1.24 bits per heavy atom. The largest absolute Gasteiger partial charge is 0.461 e. The van der Waals surface area contributed by atoms with Crippen molar-refractivity contribution in [3.05, 3.63) is 40.4 Å². The van der Waals surface area contributed by atoms with Gasteiger partial charge in [0, 0.05) is 41.9 Å². The summed E-state index contributed by atoms with van der Waals surface area (Å²) in [7, 11) is 0. The van der Waals surface area contributed by atoms with Crippen molar-refractivity contribution in [2.24, 2.45) is 0 Å². The maximum Gasteiger partial charge on any atom is 0.373 e. The number of urea groups is 1. The van der Waals surface area contributed by atoms with E-state index in [0.717, 1.165) is 23.8 Å². The molecule has 11 nitrogen and oxygen atoms in total. The Labute approximate surface area is 322 Å². The maximum atomic E-state index is 17.2. The Balaban J connectivity index is 1.24. The number of amides is 2. The average molecular weight is 805 g/mol. The number of thiophene rings is 1. The second kappa shape index (κ2) is 13.5. The summed E-state index contributed by atoms with van der Waals surface area (Å²) in [5.74, 6) is -1.78. The van der Waals surface area contributed by atoms with Crippen LogP contribution in [0.3, 0.4) is 0 Å². The topological polar surface area (TPSA) is 124 Å². The summed E-state index contributed by atoms with van der Waals surface area (Å²) in [4.78, 5) is 28.6. The number of carbonyl (C=O) groups excluding carboxylic acids is 1. The average Bonchev–Trinajstić information content (AvgIpc) is 3.75. The second-order valence-electron chi connectivity index (χ2n) is 15.2. The molecule has 55 heavy (non-hydrogen) atoms. The summed E-state index contributed by atoms with van der Waals surface area (Å²) in [5, 5.41) is 9.80. The fourth-order valence-corrected chi connectivity index (χ4v) is 10.1. The molecule has 4 aliphatic heterocycles. The fourth-order valence-electron chi connectivity index (χ4n) is 8.88. The Bertz CT molecular complexity index is 2270. The van der Waals surface area contributed by atoms with Crippen molar-refractivity contribution in [1.29, 1.82) is 5.26 Å². The zero-order valence-corrected chi connectivity index (χ0v) is 31.8. The molecule has 1 spiro atoms. The van der Waals surface area contributed by atoms with Crippen LogP contribution in [0.2, 0.25) is 5.02 Å². The fraction of sp³-hybridized carbons (Fsp3) is 0.514. The molecule has 8 rings (SSSR count). The van der Waals surface area contributed by atoms with Gasteiger partial charge in [0.2, 0.25) is 0 Å². The molecule has 0 saturated carbocycles. The van der Waals surface area contributed by atoms with Crippen molar-refractivity contribution in [3.8, 4) is 23.2 Å². The van der Waals surface area contributed by atoms with Crippen LogP contribution in [-0.4, -0.2) is 113 Å². The molecule has 4 saturated heterocycles. The van der Waals surface area contributed by atoms with Gasteiger partial charge in [-0.3, -0.25) is 4.90 Å². The van der Waals surface area contributed by atoms with Crippen molar-refractivity contribution < 1.29 is 36.2 Å². The third-order valence-corrected chi connectivity index (χ3v) is 12.6. The SMILES string of the molecule is CCN(C(=O)N1CC2(C1)CN(c1nc(OC[C@@]34CCCN3C[C@H](F)C4)nc3c(F)c(-c4ccc(F)c5sc(N)c(C#N)c45)c(Cl)cc13)CC(F)(F)O2)C(C)C. The third-order valence-electron chi connectivity index (χ3n) is 11.2. The number of ether oxygens (including phenoxy) is 2. The number of anilines is 2. The number of fused-ring (bicyclic) bond motifs is 3. The smallest absolute Gasteiger partial charge is 0.373 e. The van der Waals surface area contributed by atoms with E-state index >= 15 is 13.2 Å². The Kier molecular flexibility index (Phi) is 9.22. The molecular weight excluding hydrogens is 767 g/mol. The van der Waals surface area contributed by atoms with Crippen LogP contribution in [0.1, 0.15) is 45.6 Å². The highest BCUT2D eigenvalue weighted by Gasteiger charge is 2.58. The standard InChI is InChI=1S/C37H38ClF5N8O3S/c1-4-51(19(2)3)34(52)49-15-36(16-49)14-48(17-37(42,43)54-36)32-22-10-24(38)27(21-6-7-25(40)30-26(21)23(12-44)31(45)55-30)28(41)29(22)46-33(47-32)53-18-35-8-5-9-50(35)13-20(39)11-35/h6-7,10,19-20H,4-5,8-9,11,13-18,45H2,1-3H3/t20-,35+/m1/s1. The molecule has 2 aromatic carbocycles. The number of alkyl halides is 3. The van der Waals surface area contributed by atoms with E-state index in [1.165, 1.54) is 21.9 Å². The summed E-state index contributed by atoms with van der Waals surface area (Å²) < 4.78 is 89.5. The van der Waals surface area contributed by atoms with Crippen LogP contribution in [0.5, 0.6) is 6.01 Å². The number of rotatable bonds is 7. The van der Waals surface area contributed by atoms with E-state index in [1.807, 2.05) is 31.7 Å². The lowest BCUT2D eigenvalue weighted by Gasteiger charge is -2.56. The number of morpholine rings is 1. The number of nitrogens with two attached hydrogens (primary N) is 1. The first-order valence-electron chi connectivity index (χ1n) is 18.1. The van der Waals surface area contributed by atoms with Gasteiger partial charge in [0.05, 0.1) is 40.5 Å². The van der Waals surface area contributed by atoms with Gasteiger partial charge in [-0.05, 0) is 57.9 Å². The molecule has 18 heteroatoms. The summed E-state index contributed by atoms with van der Waals surface area (Å²) in [6, 6.07) is 4.97. The zero-order valence-electron chi connectivity index (χ0n) is 30.3. The molecule has 0 radical (unpaired) electrons. The zero-order chi connectivity index (χ0) is 39.2. The molecule has 2 aromatic heterocycles. The molecule has 2 N–H and O–H groups in total. The second-order valence-corrected chi connectivity index (χ2v) is 16.6. The minimum absolute atomic E-state index is 0.0234. The van der Waals surface area contributed by atoms with Crippen molar-refractivity contribution in [1.82, 2.24) is 24.7 Å². The number of halogens is 6. The third kappa shape index (κ3) is 6.25. The van der Waals surface area contributed by atoms with Gasteiger partial charge < -0.3 is 29.9 Å². The Morgan fingerprint density at radius 3 is 2.71 bits per heavy atom. The van der Waals surface area contributed by atoms with E-state index in [4.69, 9.17) is 26.8 Å². The molecule has 0 bridgehead atoms. The number of nitrogens with zero attached hydrogens (tertiary/aromatic N) is 7. The van der Waals surface area contributed by atoms with E-state index in [-0.39, 0.29) is 111 Å². The first-order valence-corrected chi connectivity index (χ1v) is 19.3. The number of nitrogen functional groups attached to an aromatic ring is 1. The van der Waals surface area contributed by atoms with Gasteiger partial charge in [0.1, 0.15) is 53.1 Å². The molecular formula is C37H38ClF5N8O3S. The maximum absolute atomic E-state index is 17.2. The van der Waals surface area contributed by atoms with Crippen molar-refractivity contribution in [2.75, 3.05) is 63.1 Å². The summed E-state index contributed by atoms with van der Waals surface area (Å²) in [6.45, 7) is 5.54. The van der Waals surface area contributed by atoms with Gasteiger partial charge in [-0.25, -0.2) is 18.0 Å². The molecule has 0 aliphatic carbocycles. The number of carbonyl (C=O) groups is 1. The summed E-state index contributed by atoms with van der Waals surface area (Å²) in [6.07, 6.45) is -3.04. The first kappa shape index (κ1) is 37.7. The van der Waals surface area contributed by atoms with Crippen LogP contribution in [0.4, 0.5) is 37.6 Å². The van der Waals surface area contributed by atoms with Gasteiger partial charge >= 0.3 is 18.2 Å². The van der Waals surface area contributed by atoms with Gasteiger partial charge in [-0.2, -0.15) is 24.0 Å². The highest BCUT2D eigenvalue weighted by atomic mass is 35.5. The first-order chi connectivity index (χ1) is 26.1. The Hall–Kier alpha value is -4.24. The predicted molar refractivity (Wildman–Crippen MR) is 198 cm³/mol. The van der Waals surface area contributed by atoms with Gasteiger partial charge in [-0.15, -0.1) is 11.3 Å². The molecule has 2 atom stereocenters.